The number of allylic oxidation sites excluding steroid dienone is 4. The average molecular weight is 1050 g/mol. The van der Waals surface area contributed by atoms with Crippen LogP contribution in [0.15, 0.2) is 24.3 Å². The smallest absolute Gasteiger partial charge is 0.249 e. The van der Waals surface area contributed by atoms with Gasteiger partial charge < -0.3 is 50.5 Å². The number of carbonyl (C=O) groups excluding carboxylic acids is 1. The van der Waals surface area contributed by atoms with Gasteiger partial charge in [0.15, 0.2) is 6.29 Å². The first-order valence-electron chi connectivity index (χ1n) is 31.7. The third-order valence-corrected chi connectivity index (χ3v) is 15.5. The summed E-state index contributed by atoms with van der Waals surface area (Å²) in [6.45, 7) is 3.40. The minimum absolute atomic E-state index is 0.247. The Morgan fingerprint density at radius 3 is 1.19 bits per heavy atom. The number of aliphatic hydroxyl groups excluding tert-OH is 7. The van der Waals surface area contributed by atoms with E-state index in [0.717, 1.165) is 38.5 Å². The Morgan fingerprint density at radius 1 is 0.459 bits per heavy atom. The van der Waals surface area contributed by atoms with Gasteiger partial charge in [0.25, 0.3) is 0 Å². The third-order valence-electron chi connectivity index (χ3n) is 15.5. The van der Waals surface area contributed by atoms with Crippen LogP contribution in [0.5, 0.6) is 0 Å². The number of hydrogen-bond donors (Lipinski definition) is 8. The van der Waals surface area contributed by atoms with Gasteiger partial charge in [0.05, 0.1) is 25.4 Å². The van der Waals surface area contributed by atoms with Crippen LogP contribution in [0.3, 0.4) is 0 Å². The summed E-state index contributed by atoms with van der Waals surface area (Å²) in [5.41, 5.74) is 0. The molecule has 11 heteroatoms. The molecule has 0 radical (unpaired) electrons. The average Bonchev–Trinajstić information content (AvgIpc) is 3.40. The van der Waals surface area contributed by atoms with Crippen molar-refractivity contribution in [3.63, 3.8) is 0 Å². The van der Waals surface area contributed by atoms with Gasteiger partial charge in [0, 0.05) is 0 Å². The van der Waals surface area contributed by atoms with E-state index < -0.39 is 74.2 Å². The predicted octanol–water partition coefficient (Wildman–Crippen LogP) is 14.1. The van der Waals surface area contributed by atoms with Gasteiger partial charge in [-0.25, -0.2) is 0 Å². The minimum atomic E-state index is -1.67. The lowest BCUT2D eigenvalue weighted by molar-refractivity contribution is -0.303. The van der Waals surface area contributed by atoms with Crippen LogP contribution < -0.4 is 5.32 Å². The van der Waals surface area contributed by atoms with E-state index >= 15 is 0 Å². The molecule has 1 rings (SSSR count). The maximum absolute atomic E-state index is 13.2. The fourth-order valence-corrected chi connectivity index (χ4v) is 10.3. The number of aliphatic hydroxyl groups is 7. The molecule has 1 amide bonds. The summed E-state index contributed by atoms with van der Waals surface area (Å²) in [6, 6.07) is -1.19. The third kappa shape index (κ3) is 39.9. The maximum atomic E-state index is 13.2. The second-order valence-corrected chi connectivity index (χ2v) is 22.5. The minimum Gasteiger partial charge on any atom is -0.394 e. The number of rotatable bonds is 55. The van der Waals surface area contributed by atoms with E-state index in [1.54, 1.807) is 0 Å². The van der Waals surface area contributed by atoms with E-state index in [-0.39, 0.29) is 12.8 Å². The van der Waals surface area contributed by atoms with Gasteiger partial charge in [0.2, 0.25) is 5.91 Å². The van der Waals surface area contributed by atoms with E-state index in [0.29, 0.717) is 19.3 Å². The van der Waals surface area contributed by atoms with Gasteiger partial charge in [0.1, 0.15) is 36.6 Å². The van der Waals surface area contributed by atoms with E-state index in [1.807, 2.05) is 0 Å². The Hall–Kier alpha value is -1.41. The fourth-order valence-electron chi connectivity index (χ4n) is 10.3. The van der Waals surface area contributed by atoms with Crippen LogP contribution in [0.25, 0.3) is 0 Å². The lowest BCUT2D eigenvalue weighted by Crippen LogP contribution is -2.60. The molecular formula is C63H121NO10. The summed E-state index contributed by atoms with van der Waals surface area (Å²) < 4.78 is 11.1. The highest BCUT2D eigenvalue weighted by atomic mass is 16.7. The van der Waals surface area contributed by atoms with Crippen LogP contribution in [0.2, 0.25) is 0 Å². The van der Waals surface area contributed by atoms with Crippen molar-refractivity contribution < 1.29 is 50.0 Å². The SMILES string of the molecule is CCCC/C=C/CC/C=C/CCCC(O)C(O)C(COC1OC(CO)C(O)C(O)C1O)NC(=O)C(O)CCCCCCCCCCCCCCCCCCCCCCCCCCCCCCCCCCCCCC. The van der Waals surface area contributed by atoms with Gasteiger partial charge in [-0.1, -0.05) is 282 Å². The Morgan fingerprint density at radius 2 is 0.811 bits per heavy atom. The van der Waals surface area contributed by atoms with Gasteiger partial charge in [-0.2, -0.15) is 0 Å². The first kappa shape index (κ1) is 70.6. The molecule has 1 fully saturated rings. The Kier molecular flexibility index (Phi) is 49.9. The molecule has 0 aromatic rings. The van der Waals surface area contributed by atoms with Crippen LogP contribution in [0, 0.1) is 0 Å². The predicted molar refractivity (Wildman–Crippen MR) is 307 cm³/mol. The van der Waals surface area contributed by atoms with Crippen molar-refractivity contribution in [1.82, 2.24) is 5.32 Å². The molecule has 0 saturated carbocycles. The zero-order chi connectivity index (χ0) is 54.0. The summed E-state index contributed by atoms with van der Waals surface area (Å²) >= 11 is 0. The summed E-state index contributed by atoms with van der Waals surface area (Å²) in [4.78, 5) is 13.2. The van der Waals surface area contributed by atoms with E-state index in [1.165, 1.54) is 218 Å². The Bertz CT molecular complexity index is 1250. The monoisotopic (exact) mass is 1050 g/mol. The Balaban J connectivity index is 2.10. The molecule has 74 heavy (non-hydrogen) atoms. The van der Waals surface area contributed by atoms with Crippen LogP contribution in [-0.4, -0.2) is 110 Å². The molecule has 9 atom stereocenters. The second kappa shape index (κ2) is 52.3. The second-order valence-electron chi connectivity index (χ2n) is 22.5. The van der Waals surface area contributed by atoms with Crippen molar-refractivity contribution in [2.24, 2.45) is 0 Å². The molecule has 1 aliphatic rings. The number of hydrogen-bond acceptors (Lipinski definition) is 10. The number of amides is 1. The molecule has 0 spiro atoms. The van der Waals surface area contributed by atoms with Crippen molar-refractivity contribution in [2.45, 2.75) is 358 Å². The molecule has 0 aromatic heterocycles. The van der Waals surface area contributed by atoms with Crippen LogP contribution in [0.4, 0.5) is 0 Å². The van der Waals surface area contributed by atoms with E-state index in [2.05, 4.69) is 43.5 Å². The molecule has 1 saturated heterocycles. The molecule has 0 bridgehead atoms. The molecule has 0 aromatic carbocycles. The molecule has 1 heterocycles. The summed E-state index contributed by atoms with van der Waals surface area (Å²) in [5.74, 6) is -0.707. The highest BCUT2D eigenvalue weighted by Gasteiger charge is 2.44. The summed E-state index contributed by atoms with van der Waals surface area (Å²) in [6.07, 6.45) is 53.0. The lowest BCUT2D eigenvalue weighted by atomic mass is 9.98. The molecular weight excluding hydrogens is 931 g/mol. The maximum Gasteiger partial charge on any atom is 0.249 e. The number of ether oxygens (including phenoxy) is 2. The topological polar surface area (TPSA) is 189 Å². The standard InChI is InChI=1S/C63H121NO10/c1-3-5-7-9-11-13-15-16-17-18-19-20-21-22-23-24-25-26-27-28-29-30-31-32-33-34-35-36-37-38-39-41-43-45-47-49-51-56(67)62(72)64-54(53-73-63-61(71)60(70)59(69)57(52-65)74-63)58(68)55(66)50-48-46-44-42-40-14-12-10-8-6-4-2/h10,12,42,44,54-61,63,65-71H,3-9,11,13-41,43,45-53H2,1-2H3,(H,64,72)/b12-10+,44-42+. The normalized spacial score (nSPS) is 19.9. The van der Waals surface area contributed by atoms with Gasteiger partial charge in [-0.3, -0.25) is 4.79 Å². The van der Waals surface area contributed by atoms with Gasteiger partial charge in [-0.05, 0) is 44.9 Å². The van der Waals surface area contributed by atoms with E-state index in [9.17, 15) is 40.5 Å². The zero-order valence-corrected chi connectivity index (χ0v) is 48.1. The van der Waals surface area contributed by atoms with Crippen LogP contribution in [-0.2, 0) is 14.3 Å². The Labute approximate surface area is 454 Å². The highest BCUT2D eigenvalue weighted by Crippen LogP contribution is 2.24. The lowest BCUT2D eigenvalue weighted by Gasteiger charge is -2.40. The zero-order valence-electron chi connectivity index (χ0n) is 48.1. The first-order valence-corrected chi connectivity index (χ1v) is 31.7. The quantitative estimate of drug-likeness (QED) is 0.0215. The van der Waals surface area contributed by atoms with Crippen molar-refractivity contribution in [3.8, 4) is 0 Å². The van der Waals surface area contributed by atoms with Crippen molar-refractivity contribution in [1.29, 1.82) is 0 Å². The van der Waals surface area contributed by atoms with Gasteiger partial charge >= 0.3 is 0 Å². The molecule has 11 nitrogen and oxygen atoms in total. The first-order chi connectivity index (χ1) is 36.2. The van der Waals surface area contributed by atoms with Crippen LogP contribution in [0.1, 0.15) is 303 Å². The van der Waals surface area contributed by atoms with Gasteiger partial charge in [-0.15, -0.1) is 0 Å². The van der Waals surface area contributed by atoms with Crippen molar-refractivity contribution >= 4 is 5.91 Å². The molecule has 1 aliphatic heterocycles. The van der Waals surface area contributed by atoms with Crippen molar-refractivity contribution in [2.75, 3.05) is 13.2 Å². The van der Waals surface area contributed by atoms with Crippen molar-refractivity contribution in [3.05, 3.63) is 24.3 Å². The summed E-state index contributed by atoms with van der Waals surface area (Å²) in [5, 5.41) is 75.9. The number of nitrogens with one attached hydrogen (secondary N) is 1. The fraction of sp³-hybridized carbons (Fsp3) is 0.921. The highest BCUT2D eigenvalue weighted by molar-refractivity contribution is 5.80. The molecule has 438 valence electrons. The summed E-state index contributed by atoms with van der Waals surface area (Å²) in [7, 11) is 0. The molecule has 0 aliphatic carbocycles. The molecule has 8 N–H and O–H groups in total. The molecule has 9 unspecified atom stereocenters. The largest absolute Gasteiger partial charge is 0.394 e. The number of carbonyl (C=O) groups is 1. The number of unbranched alkanes of at least 4 members (excludes halogenated alkanes) is 39. The van der Waals surface area contributed by atoms with E-state index in [4.69, 9.17) is 9.47 Å². The van der Waals surface area contributed by atoms with Crippen LogP contribution >= 0.6 is 0 Å².